The van der Waals surface area contributed by atoms with Gasteiger partial charge in [0.15, 0.2) is 18.2 Å². The largest absolute Gasteiger partial charge is 0.481 e. The van der Waals surface area contributed by atoms with Gasteiger partial charge in [-0.1, -0.05) is 26.0 Å². The van der Waals surface area contributed by atoms with E-state index in [0.29, 0.717) is 12.4 Å². The molecule has 1 aromatic carbocycles. The minimum Gasteiger partial charge on any atom is -0.481 e. The summed E-state index contributed by atoms with van der Waals surface area (Å²) in [7, 11) is 0. The average molecular weight is 347 g/mol. The first-order chi connectivity index (χ1) is 12.1. The Morgan fingerprint density at radius 1 is 1.36 bits per heavy atom. The zero-order chi connectivity index (χ0) is 17.8. The summed E-state index contributed by atoms with van der Waals surface area (Å²) >= 11 is 0. The summed E-state index contributed by atoms with van der Waals surface area (Å²) in [5.74, 6) is 0.390. The Morgan fingerprint density at radius 3 is 2.92 bits per heavy atom. The average Bonchev–Trinajstić information content (AvgIpc) is 3.09. The summed E-state index contributed by atoms with van der Waals surface area (Å²) in [6.45, 7) is 4.45. The van der Waals surface area contributed by atoms with Crippen LogP contribution >= 0.6 is 0 Å². The second kappa shape index (κ2) is 7.63. The summed E-state index contributed by atoms with van der Waals surface area (Å²) in [4.78, 5) is 14.2. The molecule has 0 spiro atoms. The quantitative estimate of drug-likeness (QED) is 0.828. The minimum absolute atomic E-state index is 0.0151. The van der Waals surface area contributed by atoms with E-state index in [-0.39, 0.29) is 36.1 Å². The zero-order valence-corrected chi connectivity index (χ0v) is 14.4. The molecule has 2 heterocycles. The first-order valence-electron chi connectivity index (χ1n) is 8.56. The Morgan fingerprint density at radius 2 is 2.16 bits per heavy atom. The number of rotatable bonds is 5. The number of carbonyl (C=O) groups excluding carboxylic acids is 1. The van der Waals surface area contributed by atoms with Gasteiger partial charge >= 0.3 is 0 Å². The SMILES string of the molecule is CC(C)C(=O)N1CCCCC1c1nnc(COc2ccccc2F)o1. The van der Waals surface area contributed by atoms with E-state index in [4.69, 9.17) is 9.15 Å². The molecule has 0 aliphatic carbocycles. The Kier molecular flexibility index (Phi) is 5.31. The predicted octanol–water partition coefficient (Wildman–Crippen LogP) is 3.50. The molecule has 25 heavy (non-hydrogen) atoms. The van der Waals surface area contributed by atoms with Gasteiger partial charge in [-0.2, -0.15) is 0 Å². The Bertz CT molecular complexity index is 732. The predicted molar refractivity (Wildman–Crippen MR) is 88.2 cm³/mol. The normalized spacial score (nSPS) is 17.8. The van der Waals surface area contributed by atoms with Crippen LogP contribution in [0, 0.1) is 11.7 Å². The molecule has 1 atom stereocenters. The van der Waals surface area contributed by atoms with Crippen molar-refractivity contribution in [1.29, 1.82) is 0 Å². The molecule has 0 N–H and O–H groups in total. The lowest BCUT2D eigenvalue weighted by atomic mass is 10.00. The van der Waals surface area contributed by atoms with E-state index in [1.807, 2.05) is 18.7 Å². The van der Waals surface area contributed by atoms with Crippen molar-refractivity contribution in [2.75, 3.05) is 6.54 Å². The number of hydrogen-bond donors (Lipinski definition) is 0. The first-order valence-corrected chi connectivity index (χ1v) is 8.56. The molecule has 1 saturated heterocycles. The zero-order valence-electron chi connectivity index (χ0n) is 14.4. The number of benzene rings is 1. The third-order valence-corrected chi connectivity index (χ3v) is 4.24. The Hall–Kier alpha value is -2.44. The number of amides is 1. The van der Waals surface area contributed by atoms with Crippen LogP contribution < -0.4 is 4.74 Å². The maximum absolute atomic E-state index is 13.6. The maximum atomic E-state index is 13.6. The van der Waals surface area contributed by atoms with Crippen LogP contribution in [0.5, 0.6) is 5.75 Å². The van der Waals surface area contributed by atoms with Gasteiger partial charge in [-0.25, -0.2) is 4.39 Å². The number of halogens is 1. The van der Waals surface area contributed by atoms with E-state index < -0.39 is 5.82 Å². The highest BCUT2D eigenvalue weighted by Gasteiger charge is 2.32. The number of likely N-dealkylation sites (tertiary alicyclic amines) is 1. The molecule has 134 valence electrons. The van der Waals surface area contributed by atoms with Crippen molar-refractivity contribution >= 4 is 5.91 Å². The van der Waals surface area contributed by atoms with Gasteiger partial charge in [-0.05, 0) is 31.4 Å². The van der Waals surface area contributed by atoms with Gasteiger partial charge in [-0.15, -0.1) is 10.2 Å². The molecular formula is C18H22FN3O3. The number of ether oxygens (including phenoxy) is 1. The summed E-state index contributed by atoms with van der Waals surface area (Å²) in [6, 6.07) is 5.95. The number of nitrogens with zero attached hydrogens (tertiary/aromatic N) is 3. The molecule has 7 heteroatoms. The lowest BCUT2D eigenvalue weighted by Crippen LogP contribution is -2.40. The molecule has 1 aliphatic rings. The molecule has 1 unspecified atom stereocenters. The molecule has 1 aliphatic heterocycles. The van der Waals surface area contributed by atoms with Gasteiger partial charge in [0, 0.05) is 12.5 Å². The van der Waals surface area contributed by atoms with E-state index in [1.54, 1.807) is 12.1 Å². The highest BCUT2D eigenvalue weighted by molar-refractivity contribution is 5.78. The number of piperidine rings is 1. The first kappa shape index (κ1) is 17.4. The number of aromatic nitrogens is 2. The second-order valence-electron chi connectivity index (χ2n) is 6.45. The van der Waals surface area contributed by atoms with Gasteiger partial charge in [-0.3, -0.25) is 4.79 Å². The van der Waals surface area contributed by atoms with Gasteiger partial charge < -0.3 is 14.1 Å². The molecular weight excluding hydrogens is 325 g/mol. The fraction of sp³-hybridized carbons (Fsp3) is 0.500. The van der Waals surface area contributed by atoms with Crippen molar-refractivity contribution in [2.45, 2.75) is 45.8 Å². The van der Waals surface area contributed by atoms with E-state index in [1.165, 1.54) is 12.1 Å². The second-order valence-corrected chi connectivity index (χ2v) is 6.45. The van der Waals surface area contributed by atoms with Crippen molar-refractivity contribution in [1.82, 2.24) is 15.1 Å². The molecule has 1 aromatic heterocycles. The fourth-order valence-corrected chi connectivity index (χ4v) is 2.94. The molecule has 1 fully saturated rings. The summed E-state index contributed by atoms with van der Waals surface area (Å²) < 4.78 is 24.6. The van der Waals surface area contributed by atoms with Crippen molar-refractivity contribution in [2.24, 2.45) is 5.92 Å². The highest BCUT2D eigenvalue weighted by Crippen LogP contribution is 2.31. The topological polar surface area (TPSA) is 68.5 Å². The van der Waals surface area contributed by atoms with Crippen molar-refractivity contribution in [3.8, 4) is 5.75 Å². The third-order valence-electron chi connectivity index (χ3n) is 4.24. The number of carbonyl (C=O) groups is 1. The van der Waals surface area contributed by atoms with Crippen molar-refractivity contribution in [3.63, 3.8) is 0 Å². The van der Waals surface area contributed by atoms with Crippen molar-refractivity contribution in [3.05, 3.63) is 41.9 Å². The van der Waals surface area contributed by atoms with E-state index in [9.17, 15) is 9.18 Å². The van der Waals surface area contributed by atoms with Gasteiger partial charge in [0.1, 0.15) is 6.04 Å². The minimum atomic E-state index is -0.441. The molecule has 0 bridgehead atoms. The molecule has 1 amide bonds. The van der Waals surface area contributed by atoms with Gasteiger partial charge in [0.2, 0.25) is 11.8 Å². The summed E-state index contributed by atoms with van der Waals surface area (Å²) in [5.41, 5.74) is 0. The fourth-order valence-electron chi connectivity index (χ4n) is 2.94. The maximum Gasteiger partial charge on any atom is 0.253 e. The molecule has 2 aromatic rings. The van der Waals surface area contributed by atoms with Crippen LogP contribution in [0.15, 0.2) is 28.7 Å². The number of para-hydroxylation sites is 1. The smallest absolute Gasteiger partial charge is 0.253 e. The van der Waals surface area contributed by atoms with Crippen LogP contribution in [0.2, 0.25) is 0 Å². The van der Waals surface area contributed by atoms with E-state index in [2.05, 4.69) is 10.2 Å². The summed E-state index contributed by atoms with van der Waals surface area (Å²) in [6.07, 6.45) is 2.79. The van der Waals surface area contributed by atoms with Crippen LogP contribution in [-0.2, 0) is 11.4 Å². The molecule has 0 saturated carbocycles. The van der Waals surface area contributed by atoms with Gasteiger partial charge in [0.05, 0.1) is 0 Å². The lowest BCUT2D eigenvalue weighted by molar-refractivity contribution is -0.139. The van der Waals surface area contributed by atoms with Crippen LogP contribution in [0.1, 0.15) is 50.9 Å². The third kappa shape index (κ3) is 3.97. The van der Waals surface area contributed by atoms with E-state index >= 15 is 0 Å². The van der Waals surface area contributed by atoms with Crippen molar-refractivity contribution < 1.29 is 18.3 Å². The highest BCUT2D eigenvalue weighted by atomic mass is 19.1. The summed E-state index contributed by atoms with van der Waals surface area (Å²) in [5, 5.41) is 8.05. The van der Waals surface area contributed by atoms with E-state index in [0.717, 1.165) is 19.3 Å². The molecule has 3 rings (SSSR count). The lowest BCUT2D eigenvalue weighted by Gasteiger charge is -2.34. The molecule has 0 radical (unpaired) electrons. The standard InChI is InChI=1S/C18H22FN3O3/c1-12(2)18(23)22-10-6-5-8-14(22)17-21-20-16(25-17)11-24-15-9-4-3-7-13(15)19/h3-4,7,9,12,14H,5-6,8,10-11H2,1-2H3. The van der Waals surface area contributed by atoms with Crippen LogP contribution in [0.4, 0.5) is 4.39 Å². The Labute approximate surface area is 146 Å². The van der Waals surface area contributed by atoms with Crippen LogP contribution in [-0.4, -0.2) is 27.5 Å². The van der Waals surface area contributed by atoms with Crippen LogP contribution in [0.25, 0.3) is 0 Å². The monoisotopic (exact) mass is 347 g/mol. The molecule has 6 nitrogen and oxygen atoms in total. The number of hydrogen-bond acceptors (Lipinski definition) is 5. The van der Waals surface area contributed by atoms with Gasteiger partial charge in [0.25, 0.3) is 5.89 Å². The Balaban J connectivity index is 1.69. The van der Waals surface area contributed by atoms with Crippen LogP contribution in [0.3, 0.4) is 0 Å².